The number of hydrogen-bond acceptors (Lipinski definition) is 6. The molecule has 0 spiro atoms. The van der Waals surface area contributed by atoms with Crippen LogP contribution < -0.4 is 15.5 Å². The van der Waals surface area contributed by atoms with Gasteiger partial charge in [-0.15, -0.1) is 0 Å². The summed E-state index contributed by atoms with van der Waals surface area (Å²) in [5.41, 5.74) is 1.92. The van der Waals surface area contributed by atoms with Gasteiger partial charge in [-0.05, 0) is 42.0 Å². The zero-order valence-electron chi connectivity index (χ0n) is 17.4. The summed E-state index contributed by atoms with van der Waals surface area (Å²) in [6.07, 6.45) is 0.710. The first-order valence-corrected chi connectivity index (χ1v) is 12.3. The Morgan fingerprint density at radius 3 is 2.50 bits per heavy atom. The third-order valence-electron chi connectivity index (χ3n) is 5.19. The lowest BCUT2D eigenvalue weighted by atomic mass is 10.1. The van der Waals surface area contributed by atoms with Gasteiger partial charge in [-0.25, -0.2) is 9.78 Å². The number of benzene rings is 2. The van der Waals surface area contributed by atoms with Crippen molar-refractivity contribution in [1.82, 2.24) is 19.6 Å². The number of carbonyl (C=O) groups is 1. The Labute approximate surface area is 205 Å². The van der Waals surface area contributed by atoms with Crippen molar-refractivity contribution in [2.75, 3.05) is 49.5 Å². The van der Waals surface area contributed by atoms with Crippen molar-refractivity contribution in [2.24, 2.45) is 0 Å². The second-order valence-electron chi connectivity index (χ2n) is 7.51. The molecule has 168 valence electrons. The summed E-state index contributed by atoms with van der Waals surface area (Å²) in [4.78, 5) is 21.4. The van der Waals surface area contributed by atoms with Crippen molar-refractivity contribution in [3.05, 3.63) is 69.4 Å². The summed E-state index contributed by atoms with van der Waals surface area (Å²) < 4.78 is 5.50. The zero-order chi connectivity index (χ0) is 22.3. The Balaban J connectivity index is 1.17. The molecule has 1 aliphatic rings. The van der Waals surface area contributed by atoms with Gasteiger partial charge in [0.1, 0.15) is 5.82 Å². The fraction of sp³-hybridized carbons (Fsp3) is 0.318. The Kier molecular flexibility index (Phi) is 7.96. The van der Waals surface area contributed by atoms with Crippen LogP contribution in [0.3, 0.4) is 0 Å². The summed E-state index contributed by atoms with van der Waals surface area (Å²) in [5.74, 6) is 0.843. The van der Waals surface area contributed by atoms with Gasteiger partial charge >= 0.3 is 6.03 Å². The highest BCUT2D eigenvalue weighted by molar-refractivity contribution is 9.10. The van der Waals surface area contributed by atoms with Gasteiger partial charge in [0.25, 0.3) is 0 Å². The molecule has 1 saturated heterocycles. The van der Waals surface area contributed by atoms with E-state index in [2.05, 4.69) is 40.7 Å². The van der Waals surface area contributed by atoms with Crippen LogP contribution in [0.4, 0.5) is 15.6 Å². The van der Waals surface area contributed by atoms with Crippen LogP contribution in [0.5, 0.6) is 0 Å². The van der Waals surface area contributed by atoms with Crippen LogP contribution >= 0.6 is 39.1 Å². The Bertz CT molecular complexity index is 1020. The van der Waals surface area contributed by atoms with E-state index in [4.69, 9.17) is 16.6 Å². The van der Waals surface area contributed by atoms with Gasteiger partial charge in [0.05, 0.1) is 0 Å². The average Bonchev–Trinajstić information content (AvgIpc) is 3.26. The number of amides is 2. The van der Waals surface area contributed by atoms with Crippen molar-refractivity contribution < 1.29 is 4.79 Å². The van der Waals surface area contributed by atoms with E-state index in [-0.39, 0.29) is 6.03 Å². The molecular formula is C22H24BrClN6OS. The first-order chi connectivity index (χ1) is 15.5. The molecule has 2 aromatic carbocycles. The quantitative estimate of drug-likeness (QED) is 0.466. The summed E-state index contributed by atoms with van der Waals surface area (Å²) in [7, 11) is 0. The van der Waals surface area contributed by atoms with Crippen LogP contribution in [-0.4, -0.2) is 59.6 Å². The predicted octanol–water partition coefficient (Wildman–Crippen LogP) is 4.49. The number of rotatable bonds is 7. The molecule has 0 saturated carbocycles. The van der Waals surface area contributed by atoms with Crippen LogP contribution in [0.2, 0.25) is 5.02 Å². The minimum absolute atomic E-state index is 0.187. The first kappa shape index (κ1) is 23.0. The van der Waals surface area contributed by atoms with Crippen molar-refractivity contribution in [1.29, 1.82) is 0 Å². The Hall–Kier alpha value is -2.20. The van der Waals surface area contributed by atoms with Gasteiger partial charge in [0.15, 0.2) is 0 Å². The van der Waals surface area contributed by atoms with E-state index in [1.54, 1.807) is 0 Å². The summed E-state index contributed by atoms with van der Waals surface area (Å²) >= 11 is 10.8. The van der Waals surface area contributed by atoms with E-state index in [0.29, 0.717) is 13.0 Å². The fourth-order valence-electron chi connectivity index (χ4n) is 3.43. The number of aromatic nitrogens is 2. The first-order valence-electron chi connectivity index (χ1n) is 10.4. The number of nitrogens with one attached hydrogen (secondary N) is 2. The number of anilines is 2. The lowest BCUT2D eigenvalue weighted by Gasteiger charge is -2.34. The average molecular weight is 536 g/mol. The molecule has 7 nitrogen and oxygen atoms in total. The van der Waals surface area contributed by atoms with Gasteiger partial charge in [-0.2, -0.15) is 4.37 Å². The van der Waals surface area contributed by atoms with Gasteiger partial charge in [0.2, 0.25) is 5.13 Å². The zero-order valence-corrected chi connectivity index (χ0v) is 20.6. The maximum absolute atomic E-state index is 12.0. The Morgan fingerprint density at radius 1 is 1.06 bits per heavy atom. The highest BCUT2D eigenvalue weighted by Crippen LogP contribution is 2.21. The summed E-state index contributed by atoms with van der Waals surface area (Å²) in [6, 6.07) is 15.1. The summed E-state index contributed by atoms with van der Waals surface area (Å²) in [5, 5.41) is 7.47. The van der Waals surface area contributed by atoms with Crippen LogP contribution in [0.25, 0.3) is 0 Å². The third-order valence-corrected chi connectivity index (χ3v) is 6.79. The molecule has 1 aliphatic heterocycles. The number of halogens is 2. The second-order valence-corrected chi connectivity index (χ2v) is 9.60. The van der Waals surface area contributed by atoms with Gasteiger partial charge in [-0.1, -0.05) is 39.7 Å². The molecule has 0 radical (unpaired) electrons. The standard InChI is InChI=1S/C22H24BrClN6OS/c23-17-3-7-19(8-4-17)26-21(31)25-9-10-29-11-13-30(14-12-29)22-27-20(28-32-22)15-16-1-5-18(24)6-2-16/h1-8H,9-15H2,(H2,25,26,31). The second kappa shape index (κ2) is 11.1. The highest BCUT2D eigenvalue weighted by atomic mass is 79.9. The molecule has 4 rings (SSSR count). The normalized spacial score (nSPS) is 14.4. The topological polar surface area (TPSA) is 73.4 Å². The fourth-order valence-corrected chi connectivity index (χ4v) is 4.56. The molecule has 1 aromatic heterocycles. The monoisotopic (exact) mass is 534 g/mol. The van der Waals surface area contributed by atoms with Crippen molar-refractivity contribution in [3.63, 3.8) is 0 Å². The predicted molar refractivity (Wildman–Crippen MR) is 134 cm³/mol. The number of urea groups is 1. The number of carbonyl (C=O) groups excluding carboxylic acids is 1. The van der Waals surface area contributed by atoms with Gasteiger partial charge in [0, 0.05) is 72.4 Å². The molecule has 0 aliphatic carbocycles. The van der Waals surface area contributed by atoms with E-state index >= 15 is 0 Å². The molecule has 0 unspecified atom stereocenters. The molecule has 0 atom stereocenters. The van der Waals surface area contributed by atoms with Crippen molar-refractivity contribution >= 4 is 55.9 Å². The van der Waals surface area contributed by atoms with Crippen LogP contribution in [0, 0.1) is 0 Å². The van der Waals surface area contributed by atoms with E-state index in [9.17, 15) is 4.79 Å². The Morgan fingerprint density at radius 2 is 1.78 bits per heavy atom. The minimum atomic E-state index is -0.187. The minimum Gasteiger partial charge on any atom is -0.344 e. The molecule has 10 heteroatoms. The highest BCUT2D eigenvalue weighted by Gasteiger charge is 2.20. The van der Waals surface area contributed by atoms with Crippen molar-refractivity contribution in [3.8, 4) is 0 Å². The smallest absolute Gasteiger partial charge is 0.319 e. The number of nitrogens with zero attached hydrogens (tertiary/aromatic N) is 4. The molecular weight excluding hydrogens is 512 g/mol. The van der Waals surface area contributed by atoms with Crippen LogP contribution in [-0.2, 0) is 6.42 Å². The number of hydrogen-bond donors (Lipinski definition) is 2. The van der Waals surface area contributed by atoms with E-state index in [1.807, 2.05) is 48.5 Å². The van der Waals surface area contributed by atoms with E-state index < -0.39 is 0 Å². The van der Waals surface area contributed by atoms with E-state index in [0.717, 1.165) is 64.4 Å². The lowest BCUT2D eigenvalue weighted by Crippen LogP contribution is -2.48. The lowest BCUT2D eigenvalue weighted by molar-refractivity contribution is 0.240. The maximum Gasteiger partial charge on any atom is 0.319 e. The van der Waals surface area contributed by atoms with Gasteiger partial charge < -0.3 is 15.5 Å². The van der Waals surface area contributed by atoms with E-state index in [1.165, 1.54) is 11.5 Å². The maximum atomic E-state index is 12.0. The molecule has 1 fully saturated rings. The molecule has 2 N–H and O–H groups in total. The molecule has 32 heavy (non-hydrogen) atoms. The van der Waals surface area contributed by atoms with Crippen molar-refractivity contribution in [2.45, 2.75) is 6.42 Å². The van der Waals surface area contributed by atoms with Gasteiger partial charge in [-0.3, -0.25) is 4.90 Å². The third kappa shape index (κ3) is 6.65. The molecule has 0 bridgehead atoms. The van der Waals surface area contributed by atoms with Crippen LogP contribution in [0.1, 0.15) is 11.4 Å². The summed E-state index contributed by atoms with van der Waals surface area (Å²) in [6.45, 7) is 5.09. The van der Waals surface area contributed by atoms with Crippen LogP contribution in [0.15, 0.2) is 53.0 Å². The molecule has 2 heterocycles. The number of piperazine rings is 1. The largest absolute Gasteiger partial charge is 0.344 e. The molecule has 2 amide bonds. The molecule has 3 aromatic rings. The SMILES string of the molecule is O=C(NCCN1CCN(c2nc(Cc3ccc(Cl)cc3)ns2)CC1)Nc1ccc(Br)cc1.